The zero-order valence-electron chi connectivity index (χ0n) is 10.3. The third-order valence-electron chi connectivity index (χ3n) is 2.88. The van der Waals surface area contributed by atoms with E-state index >= 15 is 0 Å². The molecule has 0 spiro atoms. The van der Waals surface area contributed by atoms with Gasteiger partial charge < -0.3 is 5.73 Å². The van der Waals surface area contributed by atoms with Crippen LogP contribution in [-0.4, -0.2) is 10.8 Å². The molecule has 1 heterocycles. The topological polar surface area (TPSA) is 79.8 Å². The summed E-state index contributed by atoms with van der Waals surface area (Å²) in [5, 5.41) is 9.17. The molecular formula is C15H9N3OS. The minimum Gasteiger partial charge on any atom is -0.399 e. The van der Waals surface area contributed by atoms with E-state index in [1.807, 2.05) is 12.1 Å². The van der Waals surface area contributed by atoms with Crippen molar-refractivity contribution in [3.05, 3.63) is 58.6 Å². The van der Waals surface area contributed by atoms with Gasteiger partial charge in [-0.2, -0.15) is 5.26 Å². The molecule has 0 aliphatic rings. The molecule has 0 aliphatic carbocycles. The van der Waals surface area contributed by atoms with E-state index < -0.39 is 0 Å². The van der Waals surface area contributed by atoms with Gasteiger partial charge in [0.1, 0.15) is 0 Å². The fourth-order valence-corrected chi connectivity index (χ4v) is 2.77. The summed E-state index contributed by atoms with van der Waals surface area (Å²) in [6, 6.07) is 13.9. The molecule has 2 aromatic carbocycles. The Bertz CT molecular complexity index is 844. The van der Waals surface area contributed by atoms with Crippen LogP contribution < -0.4 is 5.73 Å². The molecule has 1 aromatic heterocycles. The number of fused-ring (bicyclic) bond motifs is 1. The van der Waals surface area contributed by atoms with E-state index in [4.69, 9.17) is 11.0 Å². The summed E-state index contributed by atoms with van der Waals surface area (Å²) < 4.78 is 0.927. The van der Waals surface area contributed by atoms with Gasteiger partial charge in [0.2, 0.25) is 5.78 Å². The first-order valence-electron chi connectivity index (χ1n) is 5.88. The molecule has 0 amide bonds. The second-order valence-electron chi connectivity index (χ2n) is 4.26. The summed E-state index contributed by atoms with van der Waals surface area (Å²) in [5.41, 5.74) is 8.11. The molecule has 3 aromatic rings. The molecule has 0 fully saturated rings. The number of hydrogen-bond acceptors (Lipinski definition) is 5. The number of aromatic nitrogens is 1. The largest absolute Gasteiger partial charge is 0.399 e. The molecule has 0 atom stereocenters. The fraction of sp³-hybridized carbons (Fsp3) is 0. The number of carbonyl (C=O) groups is 1. The van der Waals surface area contributed by atoms with Gasteiger partial charge in [0.15, 0.2) is 5.01 Å². The van der Waals surface area contributed by atoms with Crippen molar-refractivity contribution in [1.29, 1.82) is 5.26 Å². The van der Waals surface area contributed by atoms with Crippen molar-refractivity contribution in [3.63, 3.8) is 0 Å². The summed E-state index contributed by atoms with van der Waals surface area (Å²) in [5.74, 6) is -0.144. The molecule has 20 heavy (non-hydrogen) atoms. The average molecular weight is 279 g/mol. The zero-order chi connectivity index (χ0) is 14.1. The van der Waals surface area contributed by atoms with E-state index in [1.54, 1.807) is 36.4 Å². The van der Waals surface area contributed by atoms with E-state index in [0.29, 0.717) is 21.8 Å². The van der Waals surface area contributed by atoms with Crippen molar-refractivity contribution in [3.8, 4) is 6.07 Å². The Labute approximate surface area is 119 Å². The van der Waals surface area contributed by atoms with Crippen molar-refractivity contribution in [1.82, 2.24) is 4.98 Å². The summed E-state index contributed by atoms with van der Waals surface area (Å²) in [4.78, 5) is 16.7. The highest BCUT2D eigenvalue weighted by Crippen LogP contribution is 2.25. The van der Waals surface area contributed by atoms with Crippen molar-refractivity contribution >= 4 is 33.0 Å². The number of nitriles is 1. The molecule has 0 saturated carbocycles. The number of thiazole rings is 1. The second-order valence-corrected chi connectivity index (χ2v) is 5.30. The maximum Gasteiger partial charge on any atom is 0.221 e. The molecule has 0 aliphatic heterocycles. The van der Waals surface area contributed by atoms with E-state index in [-0.39, 0.29) is 5.78 Å². The van der Waals surface area contributed by atoms with Crippen LogP contribution >= 0.6 is 11.3 Å². The van der Waals surface area contributed by atoms with Crippen molar-refractivity contribution in [2.24, 2.45) is 0 Å². The Morgan fingerprint density at radius 3 is 2.65 bits per heavy atom. The van der Waals surface area contributed by atoms with Crippen LogP contribution in [0, 0.1) is 11.3 Å². The Hall–Kier alpha value is -2.71. The van der Waals surface area contributed by atoms with E-state index in [2.05, 4.69) is 4.98 Å². The van der Waals surface area contributed by atoms with E-state index in [1.165, 1.54) is 11.3 Å². The molecule has 0 radical (unpaired) electrons. The monoisotopic (exact) mass is 279 g/mol. The van der Waals surface area contributed by atoms with E-state index in [9.17, 15) is 4.79 Å². The minimum absolute atomic E-state index is 0.144. The maximum absolute atomic E-state index is 12.3. The number of nitrogens with two attached hydrogens (primary N) is 1. The van der Waals surface area contributed by atoms with Crippen LogP contribution in [0.15, 0.2) is 42.5 Å². The van der Waals surface area contributed by atoms with Gasteiger partial charge in [0.25, 0.3) is 0 Å². The predicted molar refractivity (Wildman–Crippen MR) is 78.6 cm³/mol. The standard InChI is InChI=1S/C15H9N3OS/c16-8-9-1-3-10(4-2-9)14(19)15-18-12-7-11(17)5-6-13(12)20-15/h1-7H,17H2. The first-order valence-corrected chi connectivity index (χ1v) is 6.70. The first kappa shape index (κ1) is 12.3. The van der Waals surface area contributed by atoms with Crippen LogP contribution in [0.4, 0.5) is 5.69 Å². The lowest BCUT2D eigenvalue weighted by molar-refractivity contribution is 0.103. The van der Waals surface area contributed by atoms with Crippen molar-refractivity contribution in [2.75, 3.05) is 5.73 Å². The molecule has 96 valence electrons. The van der Waals surface area contributed by atoms with Gasteiger partial charge in [-0.1, -0.05) is 0 Å². The van der Waals surface area contributed by atoms with Crippen molar-refractivity contribution in [2.45, 2.75) is 0 Å². The van der Waals surface area contributed by atoms with Gasteiger partial charge in [-0.25, -0.2) is 4.98 Å². The molecule has 3 rings (SSSR count). The second kappa shape index (κ2) is 4.76. The third-order valence-corrected chi connectivity index (χ3v) is 3.92. The number of nitrogen functional groups attached to an aromatic ring is 1. The van der Waals surface area contributed by atoms with Crippen LogP contribution in [0.25, 0.3) is 10.2 Å². The van der Waals surface area contributed by atoms with E-state index in [0.717, 1.165) is 10.2 Å². The highest BCUT2D eigenvalue weighted by molar-refractivity contribution is 7.20. The molecule has 0 bridgehead atoms. The molecule has 2 N–H and O–H groups in total. The fourth-order valence-electron chi connectivity index (χ4n) is 1.86. The number of carbonyl (C=O) groups excluding carboxylic acids is 1. The smallest absolute Gasteiger partial charge is 0.221 e. The van der Waals surface area contributed by atoms with Crippen molar-refractivity contribution < 1.29 is 4.79 Å². The van der Waals surface area contributed by atoms with Gasteiger partial charge in [-0.05, 0) is 42.5 Å². The third kappa shape index (κ3) is 2.13. The lowest BCUT2D eigenvalue weighted by Crippen LogP contribution is -2.00. The van der Waals surface area contributed by atoms with Gasteiger partial charge >= 0.3 is 0 Å². The van der Waals surface area contributed by atoms with Gasteiger partial charge in [0.05, 0.1) is 21.8 Å². The minimum atomic E-state index is -0.144. The number of hydrogen-bond donors (Lipinski definition) is 1. The van der Waals surface area contributed by atoms with Crippen LogP contribution in [0.1, 0.15) is 20.9 Å². The Kier molecular flexibility index (Phi) is 2.93. The number of benzene rings is 2. The number of rotatable bonds is 2. The van der Waals surface area contributed by atoms with Gasteiger partial charge in [0, 0.05) is 11.3 Å². The van der Waals surface area contributed by atoms with Crippen LogP contribution in [0.5, 0.6) is 0 Å². The SMILES string of the molecule is N#Cc1ccc(C(=O)c2nc3cc(N)ccc3s2)cc1. The zero-order valence-corrected chi connectivity index (χ0v) is 11.1. The Morgan fingerprint density at radius 2 is 1.95 bits per heavy atom. The lowest BCUT2D eigenvalue weighted by atomic mass is 10.1. The molecule has 0 unspecified atom stereocenters. The quantitative estimate of drug-likeness (QED) is 0.577. The Balaban J connectivity index is 2.01. The van der Waals surface area contributed by atoms with Crippen LogP contribution in [0.3, 0.4) is 0 Å². The molecular weight excluding hydrogens is 270 g/mol. The number of anilines is 1. The van der Waals surface area contributed by atoms with Crippen LogP contribution in [-0.2, 0) is 0 Å². The Morgan fingerprint density at radius 1 is 1.20 bits per heavy atom. The average Bonchev–Trinajstić information content (AvgIpc) is 2.89. The van der Waals surface area contributed by atoms with Gasteiger partial charge in [-0.15, -0.1) is 11.3 Å². The molecule has 5 heteroatoms. The van der Waals surface area contributed by atoms with Crippen LogP contribution in [0.2, 0.25) is 0 Å². The number of ketones is 1. The maximum atomic E-state index is 12.3. The highest BCUT2D eigenvalue weighted by Gasteiger charge is 2.14. The molecule has 0 saturated heterocycles. The molecule has 4 nitrogen and oxygen atoms in total. The normalized spacial score (nSPS) is 10.3. The summed E-state index contributed by atoms with van der Waals surface area (Å²) >= 11 is 1.34. The van der Waals surface area contributed by atoms with Gasteiger partial charge in [-0.3, -0.25) is 4.79 Å². The predicted octanol–water partition coefficient (Wildman–Crippen LogP) is 2.98. The summed E-state index contributed by atoms with van der Waals surface area (Å²) in [6.45, 7) is 0. The highest BCUT2D eigenvalue weighted by atomic mass is 32.1. The first-order chi connectivity index (χ1) is 9.67. The number of nitrogens with zero attached hydrogens (tertiary/aromatic N) is 2. The summed E-state index contributed by atoms with van der Waals surface area (Å²) in [6.07, 6.45) is 0. The lowest BCUT2D eigenvalue weighted by Gasteiger charge is -1.96. The summed E-state index contributed by atoms with van der Waals surface area (Å²) in [7, 11) is 0.